The fourth-order valence-corrected chi connectivity index (χ4v) is 2.28. The van der Waals surface area contributed by atoms with Crippen molar-refractivity contribution in [2.45, 2.75) is 31.9 Å². The molecule has 3 heteroatoms. The van der Waals surface area contributed by atoms with E-state index in [9.17, 15) is 9.50 Å². The Morgan fingerprint density at radius 3 is 2.69 bits per heavy atom. The van der Waals surface area contributed by atoms with Crippen molar-refractivity contribution in [3.05, 3.63) is 29.3 Å². The molecule has 16 heavy (non-hydrogen) atoms. The van der Waals surface area contributed by atoms with Gasteiger partial charge in [-0.05, 0) is 62.0 Å². The molecule has 0 radical (unpaired) electrons. The zero-order valence-corrected chi connectivity index (χ0v) is 9.54. The summed E-state index contributed by atoms with van der Waals surface area (Å²) in [5.41, 5.74) is 1.56. The van der Waals surface area contributed by atoms with E-state index in [0.29, 0.717) is 17.2 Å². The van der Waals surface area contributed by atoms with Gasteiger partial charge in [0.05, 0.1) is 0 Å². The fraction of sp³-hybridized carbons (Fsp3) is 0.538. The molecule has 2 N–H and O–H groups in total. The highest BCUT2D eigenvalue weighted by atomic mass is 19.1. The molecular formula is C13H18FNO. The summed E-state index contributed by atoms with van der Waals surface area (Å²) in [4.78, 5) is 0. The fourth-order valence-electron chi connectivity index (χ4n) is 2.28. The number of benzene rings is 1. The van der Waals surface area contributed by atoms with Crippen LogP contribution in [0.1, 0.15) is 43.0 Å². The van der Waals surface area contributed by atoms with E-state index in [1.165, 1.54) is 6.92 Å². The van der Waals surface area contributed by atoms with Crippen molar-refractivity contribution < 1.29 is 9.50 Å². The van der Waals surface area contributed by atoms with E-state index >= 15 is 0 Å². The van der Waals surface area contributed by atoms with Crippen LogP contribution in [0.25, 0.3) is 0 Å². The van der Waals surface area contributed by atoms with Gasteiger partial charge in [0.2, 0.25) is 0 Å². The van der Waals surface area contributed by atoms with Gasteiger partial charge in [0.25, 0.3) is 0 Å². The van der Waals surface area contributed by atoms with Crippen molar-refractivity contribution in [2.75, 3.05) is 13.1 Å². The van der Waals surface area contributed by atoms with Gasteiger partial charge in [0, 0.05) is 0 Å². The summed E-state index contributed by atoms with van der Waals surface area (Å²) >= 11 is 0. The lowest BCUT2D eigenvalue weighted by Crippen LogP contribution is -2.26. The number of nitrogens with one attached hydrogen (secondary N) is 1. The standard InChI is InChI=1S/C13H18FNO/c1-9(14)11-2-3-13(16)12(8-11)10-4-6-15-7-5-10/h2-3,8-10,15-16H,4-7H2,1H3. The molecule has 0 bridgehead atoms. The van der Waals surface area contributed by atoms with Gasteiger partial charge in [0.1, 0.15) is 11.9 Å². The number of alkyl halides is 1. The highest BCUT2D eigenvalue weighted by Crippen LogP contribution is 2.34. The van der Waals surface area contributed by atoms with Crippen LogP contribution in [0.15, 0.2) is 18.2 Å². The average Bonchev–Trinajstić information content (AvgIpc) is 2.30. The third kappa shape index (κ3) is 2.35. The van der Waals surface area contributed by atoms with Crippen LogP contribution in [-0.2, 0) is 0 Å². The molecule has 1 saturated heterocycles. The predicted molar refractivity (Wildman–Crippen MR) is 62.5 cm³/mol. The summed E-state index contributed by atoms with van der Waals surface area (Å²) in [6.45, 7) is 3.47. The number of aromatic hydroxyl groups is 1. The second-order valence-corrected chi connectivity index (χ2v) is 4.46. The molecule has 1 aromatic carbocycles. The molecule has 0 amide bonds. The van der Waals surface area contributed by atoms with E-state index < -0.39 is 6.17 Å². The van der Waals surface area contributed by atoms with Crippen LogP contribution < -0.4 is 5.32 Å². The lowest BCUT2D eigenvalue weighted by atomic mass is 9.88. The monoisotopic (exact) mass is 223 g/mol. The molecule has 1 atom stereocenters. The molecule has 0 saturated carbocycles. The molecule has 1 aliphatic heterocycles. The van der Waals surface area contributed by atoms with E-state index in [2.05, 4.69) is 5.32 Å². The molecule has 88 valence electrons. The van der Waals surface area contributed by atoms with Gasteiger partial charge in [-0.25, -0.2) is 4.39 Å². The minimum Gasteiger partial charge on any atom is -0.508 e. The Morgan fingerprint density at radius 1 is 1.38 bits per heavy atom. The number of piperidine rings is 1. The highest BCUT2D eigenvalue weighted by molar-refractivity contribution is 5.39. The summed E-state index contributed by atoms with van der Waals surface area (Å²) in [5.74, 6) is 0.663. The van der Waals surface area contributed by atoms with Gasteiger partial charge in [0.15, 0.2) is 0 Å². The number of phenolic OH excluding ortho intramolecular Hbond substituents is 1. The van der Waals surface area contributed by atoms with Crippen molar-refractivity contribution in [3.8, 4) is 5.75 Å². The first-order valence-electron chi connectivity index (χ1n) is 5.86. The minimum absolute atomic E-state index is 0.302. The Balaban J connectivity index is 2.27. The van der Waals surface area contributed by atoms with E-state index in [1.54, 1.807) is 12.1 Å². The van der Waals surface area contributed by atoms with Gasteiger partial charge in [-0.3, -0.25) is 0 Å². The predicted octanol–water partition coefficient (Wildman–Crippen LogP) is 2.89. The smallest absolute Gasteiger partial charge is 0.122 e. The summed E-state index contributed by atoms with van der Waals surface area (Å²) in [6.07, 6.45) is 1.05. The molecule has 0 spiro atoms. The molecule has 1 aliphatic rings. The van der Waals surface area contributed by atoms with Gasteiger partial charge in [-0.1, -0.05) is 6.07 Å². The normalized spacial score (nSPS) is 19.6. The van der Waals surface area contributed by atoms with Crippen LogP contribution in [0, 0.1) is 0 Å². The van der Waals surface area contributed by atoms with Crippen molar-refractivity contribution >= 4 is 0 Å². The van der Waals surface area contributed by atoms with Gasteiger partial charge in [-0.2, -0.15) is 0 Å². The third-order valence-corrected chi connectivity index (χ3v) is 3.29. The number of rotatable bonds is 2. The van der Waals surface area contributed by atoms with Crippen LogP contribution >= 0.6 is 0 Å². The first-order chi connectivity index (χ1) is 7.68. The molecule has 1 aromatic rings. The third-order valence-electron chi connectivity index (χ3n) is 3.29. The maximum Gasteiger partial charge on any atom is 0.122 e. The van der Waals surface area contributed by atoms with E-state index in [1.807, 2.05) is 6.07 Å². The highest BCUT2D eigenvalue weighted by Gasteiger charge is 2.19. The summed E-state index contributed by atoms with van der Waals surface area (Å²) in [6, 6.07) is 5.09. The number of hydrogen-bond donors (Lipinski definition) is 2. The van der Waals surface area contributed by atoms with Crippen molar-refractivity contribution in [1.29, 1.82) is 0 Å². The van der Waals surface area contributed by atoms with Crippen molar-refractivity contribution in [1.82, 2.24) is 5.32 Å². The topological polar surface area (TPSA) is 32.3 Å². The van der Waals surface area contributed by atoms with Crippen LogP contribution in [0.3, 0.4) is 0 Å². The first kappa shape index (κ1) is 11.4. The largest absolute Gasteiger partial charge is 0.508 e. The minimum atomic E-state index is -0.971. The Labute approximate surface area is 95.5 Å². The van der Waals surface area contributed by atoms with Crippen LogP contribution in [-0.4, -0.2) is 18.2 Å². The van der Waals surface area contributed by atoms with E-state index in [4.69, 9.17) is 0 Å². The Hall–Kier alpha value is -1.09. The number of phenols is 1. The lowest BCUT2D eigenvalue weighted by Gasteiger charge is -2.24. The van der Waals surface area contributed by atoms with Crippen molar-refractivity contribution in [2.24, 2.45) is 0 Å². The SMILES string of the molecule is CC(F)c1ccc(O)c(C2CCNCC2)c1. The van der Waals surface area contributed by atoms with Gasteiger partial charge < -0.3 is 10.4 Å². The quantitative estimate of drug-likeness (QED) is 0.808. The van der Waals surface area contributed by atoms with Crippen LogP contribution in [0.4, 0.5) is 4.39 Å². The first-order valence-corrected chi connectivity index (χ1v) is 5.86. The molecule has 0 aliphatic carbocycles. The number of hydrogen-bond acceptors (Lipinski definition) is 2. The second kappa shape index (κ2) is 4.83. The van der Waals surface area contributed by atoms with Gasteiger partial charge in [-0.15, -0.1) is 0 Å². The molecule has 0 aromatic heterocycles. The molecule has 2 rings (SSSR count). The Morgan fingerprint density at radius 2 is 2.06 bits per heavy atom. The zero-order chi connectivity index (χ0) is 11.5. The maximum atomic E-state index is 13.2. The molecule has 1 heterocycles. The summed E-state index contributed by atoms with van der Waals surface area (Å²) in [7, 11) is 0. The second-order valence-electron chi connectivity index (χ2n) is 4.46. The molecule has 1 fully saturated rings. The lowest BCUT2D eigenvalue weighted by molar-refractivity contribution is 0.371. The Bertz CT molecular complexity index is 359. The number of halogens is 1. The van der Waals surface area contributed by atoms with Crippen LogP contribution in [0.5, 0.6) is 5.75 Å². The van der Waals surface area contributed by atoms with Crippen LogP contribution in [0.2, 0.25) is 0 Å². The van der Waals surface area contributed by atoms with E-state index in [0.717, 1.165) is 31.5 Å². The summed E-state index contributed by atoms with van der Waals surface area (Å²) in [5, 5.41) is 13.1. The van der Waals surface area contributed by atoms with Crippen molar-refractivity contribution in [3.63, 3.8) is 0 Å². The molecule has 2 nitrogen and oxygen atoms in total. The molecule has 1 unspecified atom stereocenters. The zero-order valence-electron chi connectivity index (χ0n) is 9.54. The average molecular weight is 223 g/mol. The summed E-state index contributed by atoms with van der Waals surface area (Å²) < 4.78 is 13.2. The van der Waals surface area contributed by atoms with E-state index in [-0.39, 0.29) is 0 Å². The van der Waals surface area contributed by atoms with Gasteiger partial charge >= 0.3 is 0 Å². The maximum absolute atomic E-state index is 13.2. The molecular weight excluding hydrogens is 205 g/mol. The Kier molecular flexibility index (Phi) is 3.44.